The number of aromatic amines is 1. The summed E-state index contributed by atoms with van der Waals surface area (Å²) in [4.78, 5) is 13.8. The Bertz CT molecular complexity index is 522. The van der Waals surface area contributed by atoms with Crippen molar-refractivity contribution in [3.05, 3.63) is 17.5 Å². The molecule has 2 atom stereocenters. The zero-order chi connectivity index (χ0) is 15.2. The third-order valence-electron chi connectivity index (χ3n) is 4.31. The van der Waals surface area contributed by atoms with Crippen LogP contribution in [0, 0.1) is 18.8 Å². The van der Waals surface area contributed by atoms with Crippen molar-refractivity contribution in [2.45, 2.75) is 45.9 Å². The smallest absolute Gasteiger partial charge is 0.410 e. The topological polar surface area (TPSA) is 70.2 Å². The monoisotopic (exact) mass is 292 g/mol. The van der Waals surface area contributed by atoms with E-state index in [4.69, 9.17) is 4.74 Å². The Morgan fingerprint density at radius 2 is 2.14 bits per heavy atom. The molecule has 0 radical (unpaired) electrons. The molecule has 6 nitrogen and oxygen atoms in total. The number of amides is 1. The van der Waals surface area contributed by atoms with Crippen molar-refractivity contribution in [3.8, 4) is 0 Å². The number of aryl methyl sites for hydroxylation is 1. The Kier molecular flexibility index (Phi) is 3.43. The lowest BCUT2D eigenvalue weighted by Crippen LogP contribution is -2.39. The van der Waals surface area contributed by atoms with Crippen LogP contribution in [0.25, 0.3) is 0 Å². The summed E-state index contributed by atoms with van der Waals surface area (Å²) in [6, 6.07) is 0.526. The Morgan fingerprint density at radius 1 is 1.48 bits per heavy atom. The number of aromatic nitrogens is 2. The van der Waals surface area contributed by atoms with E-state index in [9.17, 15) is 4.79 Å². The number of piperidine rings is 1. The van der Waals surface area contributed by atoms with Gasteiger partial charge >= 0.3 is 6.09 Å². The molecule has 0 spiro atoms. The number of carbonyl (C=O) groups excluding carboxylic acids is 1. The lowest BCUT2D eigenvalue weighted by Gasteiger charge is -2.26. The van der Waals surface area contributed by atoms with Gasteiger partial charge in [0.05, 0.1) is 6.20 Å². The largest absolute Gasteiger partial charge is 0.444 e. The van der Waals surface area contributed by atoms with Gasteiger partial charge < -0.3 is 15.0 Å². The van der Waals surface area contributed by atoms with Crippen LogP contribution in [-0.2, 0) is 11.3 Å². The van der Waals surface area contributed by atoms with E-state index in [0.717, 1.165) is 25.3 Å². The van der Waals surface area contributed by atoms with Gasteiger partial charge in [0.2, 0.25) is 0 Å². The van der Waals surface area contributed by atoms with Crippen LogP contribution in [0.15, 0.2) is 6.20 Å². The molecule has 0 bridgehead atoms. The van der Waals surface area contributed by atoms with Gasteiger partial charge in [-0.25, -0.2) is 4.79 Å². The van der Waals surface area contributed by atoms with Crippen LogP contribution in [0.1, 0.15) is 32.0 Å². The minimum absolute atomic E-state index is 0.181. The summed E-state index contributed by atoms with van der Waals surface area (Å²) in [6.07, 6.45) is 1.69. The van der Waals surface area contributed by atoms with Crippen LogP contribution in [0.5, 0.6) is 0 Å². The fourth-order valence-electron chi connectivity index (χ4n) is 3.09. The summed E-state index contributed by atoms with van der Waals surface area (Å²) in [7, 11) is 0. The third kappa shape index (κ3) is 3.05. The highest BCUT2D eigenvalue weighted by atomic mass is 16.6. The Balaban J connectivity index is 1.44. The van der Waals surface area contributed by atoms with E-state index in [1.165, 1.54) is 5.56 Å². The Hall–Kier alpha value is -1.56. The molecule has 2 aliphatic rings. The van der Waals surface area contributed by atoms with Crippen molar-refractivity contribution in [1.29, 1.82) is 0 Å². The van der Waals surface area contributed by atoms with Crippen molar-refractivity contribution in [1.82, 2.24) is 20.4 Å². The maximum atomic E-state index is 12.0. The molecule has 2 heterocycles. The lowest BCUT2D eigenvalue weighted by atomic mass is 10.2. The number of ether oxygens (including phenoxy) is 1. The summed E-state index contributed by atoms with van der Waals surface area (Å²) in [5.74, 6) is 1.15. The van der Waals surface area contributed by atoms with E-state index in [0.29, 0.717) is 17.9 Å². The molecule has 1 aromatic heterocycles. The van der Waals surface area contributed by atoms with Crippen LogP contribution >= 0.6 is 0 Å². The summed E-state index contributed by atoms with van der Waals surface area (Å²) in [5, 5.41) is 10.5. The van der Waals surface area contributed by atoms with E-state index in [1.807, 2.05) is 38.8 Å². The van der Waals surface area contributed by atoms with E-state index in [-0.39, 0.29) is 6.09 Å². The predicted octanol–water partition coefficient (Wildman–Crippen LogP) is 1.67. The molecule has 1 aliphatic heterocycles. The predicted molar refractivity (Wildman–Crippen MR) is 78.7 cm³/mol. The number of hydrogen-bond donors (Lipinski definition) is 2. The summed E-state index contributed by atoms with van der Waals surface area (Å²) in [6.45, 7) is 10.2. The van der Waals surface area contributed by atoms with Crippen molar-refractivity contribution in [3.63, 3.8) is 0 Å². The lowest BCUT2D eigenvalue weighted by molar-refractivity contribution is 0.0269. The fourth-order valence-corrected chi connectivity index (χ4v) is 3.09. The minimum atomic E-state index is -0.416. The molecule has 2 unspecified atom stereocenters. The van der Waals surface area contributed by atoms with E-state index >= 15 is 0 Å². The quantitative estimate of drug-likeness (QED) is 0.889. The van der Waals surface area contributed by atoms with Crippen LogP contribution in [-0.4, -0.2) is 45.9 Å². The number of nitrogens with one attached hydrogen (secondary N) is 2. The molecule has 1 saturated heterocycles. The average molecular weight is 292 g/mol. The highest BCUT2D eigenvalue weighted by Crippen LogP contribution is 2.45. The maximum absolute atomic E-state index is 12.0. The summed E-state index contributed by atoms with van der Waals surface area (Å²) >= 11 is 0. The number of fused-ring (bicyclic) bond motifs is 1. The average Bonchev–Trinajstić information content (AvgIpc) is 2.77. The first-order valence-electron chi connectivity index (χ1n) is 7.55. The van der Waals surface area contributed by atoms with Gasteiger partial charge in [-0.05, 0) is 39.5 Å². The van der Waals surface area contributed by atoms with Crippen molar-refractivity contribution < 1.29 is 9.53 Å². The van der Waals surface area contributed by atoms with Crippen molar-refractivity contribution in [2.75, 3.05) is 13.1 Å². The SMILES string of the molecule is Cc1[nH]ncc1CNC1C2CN(C(=O)OC(C)(C)C)CC21. The number of carbonyl (C=O) groups is 1. The van der Waals surface area contributed by atoms with Crippen LogP contribution in [0.4, 0.5) is 4.79 Å². The van der Waals surface area contributed by atoms with Crippen LogP contribution in [0.2, 0.25) is 0 Å². The zero-order valence-electron chi connectivity index (χ0n) is 13.1. The van der Waals surface area contributed by atoms with E-state index in [2.05, 4.69) is 15.5 Å². The first-order chi connectivity index (χ1) is 9.85. The van der Waals surface area contributed by atoms with Crippen molar-refractivity contribution >= 4 is 6.09 Å². The van der Waals surface area contributed by atoms with Gasteiger partial charge in [-0.3, -0.25) is 5.10 Å². The molecule has 2 fully saturated rings. The zero-order valence-corrected chi connectivity index (χ0v) is 13.1. The minimum Gasteiger partial charge on any atom is -0.444 e. The van der Waals surface area contributed by atoms with Gasteiger partial charge in [-0.1, -0.05) is 0 Å². The second kappa shape index (κ2) is 5.02. The van der Waals surface area contributed by atoms with Gasteiger partial charge in [-0.2, -0.15) is 5.10 Å². The normalized spacial score (nSPS) is 27.6. The molecule has 1 amide bonds. The molecule has 3 rings (SSSR count). The molecule has 0 aromatic carbocycles. The fraction of sp³-hybridized carbons (Fsp3) is 0.733. The van der Waals surface area contributed by atoms with Gasteiger partial charge in [0.15, 0.2) is 0 Å². The Morgan fingerprint density at radius 3 is 2.67 bits per heavy atom. The van der Waals surface area contributed by atoms with Gasteiger partial charge in [0.25, 0.3) is 0 Å². The van der Waals surface area contributed by atoms with Crippen LogP contribution < -0.4 is 5.32 Å². The summed E-state index contributed by atoms with van der Waals surface area (Å²) in [5.41, 5.74) is 1.91. The van der Waals surface area contributed by atoms with Crippen LogP contribution in [0.3, 0.4) is 0 Å². The molecule has 21 heavy (non-hydrogen) atoms. The first kappa shape index (κ1) is 14.4. The summed E-state index contributed by atoms with van der Waals surface area (Å²) < 4.78 is 5.41. The molecule has 2 N–H and O–H groups in total. The van der Waals surface area contributed by atoms with Gasteiger partial charge in [0, 0.05) is 36.9 Å². The highest BCUT2D eigenvalue weighted by Gasteiger charge is 2.56. The number of hydrogen-bond acceptors (Lipinski definition) is 4. The molecule has 1 aromatic rings. The second-order valence-electron chi connectivity index (χ2n) is 7.14. The molecule has 1 aliphatic carbocycles. The van der Waals surface area contributed by atoms with Gasteiger partial charge in [0.1, 0.15) is 5.60 Å². The second-order valence-corrected chi connectivity index (χ2v) is 7.14. The third-order valence-corrected chi connectivity index (χ3v) is 4.31. The van der Waals surface area contributed by atoms with Gasteiger partial charge in [-0.15, -0.1) is 0 Å². The standard InChI is InChI=1S/C15H24N4O2/c1-9-10(6-17-18-9)5-16-13-11-7-19(8-12(11)13)14(20)21-15(2,3)4/h6,11-13,16H,5,7-8H2,1-4H3,(H,17,18). The molecule has 1 saturated carbocycles. The number of rotatable bonds is 3. The van der Waals surface area contributed by atoms with E-state index < -0.39 is 5.60 Å². The number of likely N-dealkylation sites (tertiary alicyclic amines) is 1. The molecular weight excluding hydrogens is 268 g/mol. The van der Waals surface area contributed by atoms with E-state index in [1.54, 1.807) is 0 Å². The van der Waals surface area contributed by atoms with Crippen molar-refractivity contribution in [2.24, 2.45) is 11.8 Å². The molecule has 6 heteroatoms. The Labute approximate surface area is 125 Å². The molecule has 116 valence electrons. The molecular formula is C15H24N4O2. The highest BCUT2D eigenvalue weighted by molar-refractivity contribution is 5.69. The number of H-pyrrole nitrogens is 1. The first-order valence-corrected chi connectivity index (χ1v) is 7.55. The maximum Gasteiger partial charge on any atom is 0.410 e. The number of nitrogens with zero attached hydrogens (tertiary/aromatic N) is 2.